The van der Waals surface area contributed by atoms with Gasteiger partial charge in [-0.1, -0.05) is 0 Å². The highest BCUT2D eigenvalue weighted by molar-refractivity contribution is 7.10. The van der Waals surface area contributed by atoms with Gasteiger partial charge in [-0.05, 0) is 61.6 Å². The molecule has 4 heteroatoms. The molecule has 2 N–H and O–H groups in total. The minimum atomic E-state index is 0.117. The molecule has 1 aromatic rings. The van der Waals surface area contributed by atoms with Crippen LogP contribution < -0.4 is 5.73 Å². The van der Waals surface area contributed by atoms with Crippen LogP contribution in [0.4, 0.5) is 0 Å². The van der Waals surface area contributed by atoms with Crippen molar-refractivity contribution in [2.45, 2.75) is 38.0 Å². The minimum Gasteiger partial charge on any atom is -0.342 e. The summed E-state index contributed by atoms with van der Waals surface area (Å²) in [6.07, 6.45) is 5.61. The Hall–Kier alpha value is -0.870. The third-order valence-corrected chi connectivity index (χ3v) is 5.51. The molecule has 2 atom stereocenters. The first-order valence-corrected chi connectivity index (χ1v) is 8.22. The van der Waals surface area contributed by atoms with E-state index in [4.69, 9.17) is 5.73 Å². The summed E-state index contributed by atoms with van der Waals surface area (Å²) in [6, 6.07) is 2.16. The molecule has 0 spiro atoms. The Morgan fingerprint density at radius 3 is 3.16 bits per heavy atom. The van der Waals surface area contributed by atoms with Gasteiger partial charge in [0.05, 0.1) is 5.92 Å². The first-order chi connectivity index (χ1) is 9.29. The lowest BCUT2D eigenvalue weighted by Gasteiger charge is -2.35. The molecule has 0 aromatic carbocycles. The Morgan fingerprint density at radius 2 is 2.32 bits per heavy atom. The van der Waals surface area contributed by atoms with Gasteiger partial charge in [0, 0.05) is 18.0 Å². The third kappa shape index (κ3) is 2.56. The molecule has 1 aliphatic heterocycles. The number of rotatable bonds is 2. The van der Waals surface area contributed by atoms with Crippen molar-refractivity contribution in [2.75, 3.05) is 19.6 Å². The zero-order chi connectivity index (χ0) is 13.2. The zero-order valence-electron chi connectivity index (χ0n) is 11.3. The van der Waals surface area contributed by atoms with E-state index in [1.807, 2.05) is 11.3 Å². The van der Waals surface area contributed by atoms with Gasteiger partial charge in [0.2, 0.25) is 5.91 Å². The molecule has 3 nitrogen and oxygen atoms in total. The second-order valence-electron chi connectivity index (χ2n) is 5.77. The number of fused-ring (bicyclic) bond motifs is 1. The quantitative estimate of drug-likeness (QED) is 0.902. The van der Waals surface area contributed by atoms with Crippen molar-refractivity contribution < 1.29 is 4.79 Å². The number of hydrogen-bond donors (Lipinski definition) is 1. The molecule has 3 rings (SSSR count). The van der Waals surface area contributed by atoms with Gasteiger partial charge in [-0.25, -0.2) is 0 Å². The summed E-state index contributed by atoms with van der Waals surface area (Å²) in [5.74, 6) is 0.965. The highest BCUT2D eigenvalue weighted by atomic mass is 32.1. The molecule has 0 bridgehead atoms. The summed E-state index contributed by atoms with van der Waals surface area (Å²) in [6.45, 7) is 2.49. The first kappa shape index (κ1) is 13.1. The number of nitrogens with two attached hydrogens (primary N) is 1. The Labute approximate surface area is 118 Å². The van der Waals surface area contributed by atoms with Crippen LogP contribution in [0.25, 0.3) is 0 Å². The van der Waals surface area contributed by atoms with E-state index in [0.29, 0.717) is 18.4 Å². The fourth-order valence-electron chi connectivity index (χ4n) is 3.42. The maximum Gasteiger partial charge on any atom is 0.230 e. The van der Waals surface area contributed by atoms with Crippen LogP contribution in [0.5, 0.6) is 0 Å². The predicted molar refractivity (Wildman–Crippen MR) is 78.4 cm³/mol. The molecule has 1 amide bonds. The summed E-state index contributed by atoms with van der Waals surface area (Å²) in [4.78, 5) is 16.3. The highest BCUT2D eigenvalue weighted by Gasteiger charge is 2.32. The van der Waals surface area contributed by atoms with E-state index in [1.165, 1.54) is 16.9 Å². The van der Waals surface area contributed by atoms with Crippen LogP contribution in [0.2, 0.25) is 0 Å². The fourth-order valence-corrected chi connectivity index (χ4v) is 4.41. The van der Waals surface area contributed by atoms with Crippen molar-refractivity contribution in [3.8, 4) is 0 Å². The van der Waals surface area contributed by atoms with Gasteiger partial charge < -0.3 is 10.6 Å². The van der Waals surface area contributed by atoms with Crippen LogP contribution >= 0.6 is 11.3 Å². The number of thiophene rings is 1. The van der Waals surface area contributed by atoms with Crippen LogP contribution in [0, 0.1) is 5.92 Å². The number of aryl methyl sites for hydroxylation is 1. The number of likely N-dealkylation sites (tertiary alicyclic amines) is 1. The Morgan fingerprint density at radius 1 is 1.42 bits per heavy atom. The number of amides is 1. The molecule has 2 heterocycles. The standard InChI is InChI=1S/C15H22N2OS/c16-9-11-3-2-7-17(10-11)15(18)13-4-1-5-14-12(13)6-8-19-14/h6,8,11,13H,1-5,7,9-10,16H2. The molecule has 0 saturated carbocycles. The van der Waals surface area contributed by atoms with Crippen LogP contribution in [-0.4, -0.2) is 30.4 Å². The Kier molecular flexibility index (Phi) is 3.89. The molecular formula is C15H22N2OS. The zero-order valence-corrected chi connectivity index (χ0v) is 12.1. The Bertz CT molecular complexity index is 457. The van der Waals surface area contributed by atoms with Crippen LogP contribution in [0.15, 0.2) is 11.4 Å². The van der Waals surface area contributed by atoms with Gasteiger partial charge in [-0.15, -0.1) is 11.3 Å². The summed E-state index contributed by atoms with van der Waals surface area (Å²) in [7, 11) is 0. The van der Waals surface area contributed by atoms with E-state index in [-0.39, 0.29) is 5.92 Å². The number of nitrogens with zero attached hydrogens (tertiary/aromatic N) is 1. The molecule has 1 aliphatic carbocycles. The minimum absolute atomic E-state index is 0.117. The van der Waals surface area contributed by atoms with E-state index in [1.54, 1.807) is 0 Å². The lowest BCUT2D eigenvalue weighted by molar-refractivity contribution is -0.134. The second-order valence-corrected chi connectivity index (χ2v) is 6.77. The number of piperidine rings is 1. The van der Waals surface area contributed by atoms with Crippen molar-refractivity contribution in [3.05, 3.63) is 21.9 Å². The van der Waals surface area contributed by atoms with Crippen LogP contribution in [0.1, 0.15) is 42.0 Å². The molecular weight excluding hydrogens is 256 g/mol. The van der Waals surface area contributed by atoms with E-state index >= 15 is 0 Å². The van der Waals surface area contributed by atoms with Gasteiger partial charge in [0.25, 0.3) is 0 Å². The number of carbonyl (C=O) groups excluding carboxylic acids is 1. The van der Waals surface area contributed by atoms with Crippen molar-refractivity contribution >= 4 is 17.2 Å². The number of carbonyl (C=O) groups is 1. The Balaban J connectivity index is 1.74. The number of hydrogen-bond acceptors (Lipinski definition) is 3. The molecule has 1 fully saturated rings. The van der Waals surface area contributed by atoms with E-state index in [2.05, 4.69) is 16.3 Å². The maximum atomic E-state index is 12.8. The SMILES string of the molecule is NCC1CCCN(C(=O)C2CCCc3sccc32)C1. The molecule has 2 unspecified atom stereocenters. The highest BCUT2D eigenvalue weighted by Crippen LogP contribution is 2.36. The van der Waals surface area contributed by atoms with E-state index in [9.17, 15) is 4.79 Å². The smallest absolute Gasteiger partial charge is 0.230 e. The summed E-state index contributed by atoms with van der Waals surface area (Å²) >= 11 is 1.81. The lowest BCUT2D eigenvalue weighted by atomic mass is 9.86. The predicted octanol–water partition coefficient (Wildman–Crippen LogP) is 2.37. The van der Waals surface area contributed by atoms with Gasteiger partial charge >= 0.3 is 0 Å². The van der Waals surface area contributed by atoms with Gasteiger partial charge in [0.1, 0.15) is 0 Å². The normalized spacial score (nSPS) is 27.1. The summed E-state index contributed by atoms with van der Waals surface area (Å²) in [5.41, 5.74) is 7.07. The molecule has 0 radical (unpaired) electrons. The molecule has 1 aromatic heterocycles. The van der Waals surface area contributed by atoms with Crippen molar-refractivity contribution in [2.24, 2.45) is 11.7 Å². The molecule has 1 saturated heterocycles. The lowest BCUT2D eigenvalue weighted by Crippen LogP contribution is -2.44. The van der Waals surface area contributed by atoms with Crippen molar-refractivity contribution in [3.63, 3.8) is 0 Å². The molecule has 104 valence electrons. The third-order valence-electron chi connectivity index (χ3n) is 4.51. The summed E-state index contributed by atoms with van der Waals surface area (Å²) < 4.78 is 0. The van der Waals surface area contributed by atoms with Crippen molar-refractivity contribution in [1.29, 1.82) is 0 Å². The van der Waals surface area contributed by atoms with Crippen LogP contribution in [0.3, 0.4) is 0 Å². The first-order valence-electron chi connectivity index (χ1n) is 7.34. The van der Waals surface area contributed by atoms with E-state index in [0.717, 1.165) is 38.8 Å². The monoisotopic (exact) mass is 278 g/mol. The van der Waals surface area contributed by atoms with Crippen LogP contribution in [-0.2, 0) is 11.2 Å². The van der Waals surface area contributed by atoms with Crippen molar-refractivity contribution in [1.82, 2.24) is 4.90 Å². The summed E-state index contributed by atoms with van der Waals surface area (Å²) in [5, 5.41) is 2.13. The second kappa shape index (κ2) is 5.63. The average molecular weight is 278 g/mol. The van der Waals surface area contributed by atoms with E-state index < -0.39 is 0 Å². The topological polar surface area (TPSA) is 46.3 Å². The largest absolute Gasteiger partial charge is 0.342 e. The maximum absolute atomic E-state index is 12.8. The fraction of sp³-hybridized carbons (Fsp3) is 0.667. The van der Waals surface area contributed by atoms with Gasteiger partial charge in [0.15, 0.2) is 0 Å². The average Bonchev–Trinajstić information content (AvgIpc) is 2.95. The molecule has 19 heavy (non-hydrogen) atoms. The van der Waals surface area contributed by atoms with Gasteiger partial charge in [-0.3, -0.25) is 4.79 Å². The molecule has 2 aliphatic rings. The van der Waals surface area contributed by atoms with Gasteiger partial charge in [-0.2, -0.15) is 0 Å².